The Morgan fingerprint density at radius 2 is 2.07 bits per heavy atom. The van der Waals surface area contributed by atoms with Crippen LogP contribution in [0.25, 0.3) is 0 Å². The maximum absolute atomic E-state index is 12.5. The molecule has 0 aliphatic rings. The molecule has 0 fully saturated rings. The van der Waals surface area contributed by atoms with Gasteiger partial charge in [0, 0.05) is 12.3 Å². The highest BCUT2D eigenvalue weighted by Gasteiger charge is 1.93. The fourth-order valence-corrected chi connectivity index (χ4v) is 0.988. The van der Waals surface area contributed by atoms with Gasteiger partial charge in [-0.1, -0.05) is 18.1 Å². The second kappa shape index (κ2) is 5.82. The molecule has 0 aromatic heterocycles. The van der Waals surface area contributed by atoms with Crippen molar-refractivity contribution >= 4 is 5.97 Å². The van der Waals surface area contributed by atoms with Gasteiger partial charge in [-0.3, -0.25) is 0 Å². The molecule has 0 aliphatic carbocycles. The van der Waals surface area contributed by atoms with E-state index in [9.17, 15) is 9.18 Å². The van der Waals surface area contributed by atoms with E-state index in [1.165, 1.54) is 12.1 Å². The molecular formula is C12H11FO2. The lowest BCUT2D eigenvalue weighted by molar-refractivity contribution is -0.136. The highest BCUT2D eigenvalue weighted by Crippen LogP contribution is 2.02. The van der Waals surface area contributed by atoms with Crippen molar-refractivity contribution in [1.82, 2.24) is 0 Å². The maximum Gasteiger partial charge on any atom is 0.384 e. The first-order valence-electron chi connectivity index (χ1n) is 4.62. The lowest BCUT2D eigenvalue weighted by Gasteiger charge is -1.93. The minimum atomic E-state index is -0.528. The largest absolute Gasteiger partial charge is 0.456 e. The summed E-state index contributed by atoms with van der Waals surface area (Å²) in [6.45, 7) is 2.05. The predicted molar refractivity (Wildman–Crippen MR) is 54.5 cm³/mol. The zero-order valence-electron chi connectivity index (χ0n) is 8.42. The number of hydrogen-bond donors (Lipinski definition) is 0. The highest BCUT2D eigenvalue weighted by molar-refractivity contribution is 5.88. The van der Waals surface area contributed by atoms with Gasteiger partial charge in [-0.15, -0.1) is 0 Å². The molecule has 0 heterocycles. The van der Waals surface area contributed by atoms with Gasteiger partial charge in [0.1, 0.15) is 5.82 Å². The van der Waals surface area contributed by atoms with Crippen LogP contribution in [0.15, 0.2) is 24.3 Å². The number of carbonyl (C=O) groups is 1. The number of halogens is 1. The van der Waals surface area contributed by atoms with Crippen LogP contribution in [-0.4, -0.2) is 12.6 Å². The van der Waals surface area contributed by atoms with Crippen molar-refractivity contribution in [1.29, 1.82) is 0 Å². The fraction of sp³-hybridized carbons (Fsp3) is 0.250. The first-order chi connectivity index (χ1) is 7.22. The first-order valence-corrected chi connectivity index (χ1v) is 4.62. The van der Waals surface area contributed by atoms with E-state index in [0.717, 1.165) is 5.56 Å². The standard InChI is InChI=1S/C12H11FO2/c1-2-15-12(14)5-3-4-10-6-8-11(13)9-7-10/h6-9H,2,4H2,1H3. The Hall–Kier alpha value is -1.82. The summed E-state index contributed by atoms with van der Waals surface area (Å²) in [5, 5.41) is 0. The molecule has 1 aromatic rings. The summed E-state index contributed by atoms with van der Waals surface area (Å²) >= 11 is 0. The Bertz CT molecular complexity index is 384. The van der Waals surface area contributed by atoms with Crippen molar-refractivity contribution in [3.8, 4) is 11.8 Å². The summed E-state index contributed by atoms with van der Waals surface area (Å²) < 4.78 is 17.2. The molecule has 0 atom stereocenters. The molecule has 0 N–H and O–H groups in total. The Morgan fingerprint density at radius 3 is 2.67 bits per heavy atom. The number of hydrogen-bond acceptors (Lipinski definition) is 2. The van der Waals surface area contributed by atoms with Crippen LogP contribution in [0, 0.1) is 17.7 Å². The molecule has 0 saturated carbocycles. The number of benzene rings is 1. The van der Waals surface area contributed by atoms with Crippen molar-refractivity contribution in [2.45, 2.75) is 13.3 Å². The second-order valence-corrected chi connectivity index (χ2v) is 2.83. The lowest BCUT2D eigenvalue weighted by Crippen LogP contribution is -1.99. The van der Waals surface area contributed by atoms with Gasteiger partial charge in [0.05, 0.1) is 6.61 Å². The summed E-state index contributed by atoms with van der Waals surface area (Å²) in [5.41, 5.74) is 0.869. The molecule has 0 saturated heterocycles. The van der Waals surface area contributed by atoms with Crippen LogP contribution in [0.4, 0.5) is 4.39 Å². The smallest absolute Gasteiger partial charge is 0.384 e. The molecule has 1 aromatic carbocycles. The second-order valence-electron chi connectivity index (χ2n) is 2.83. The third-order valence-corrected chi connectivity index (χ3v) is 1.67. The Balaban J connectivity index is 2.49. The van der Waals surface area contributed by atoms with Crippen molar-refractivity contribution in [2.24, 2.45) is 0 Å². The fourth-order valence-electron chi connectivity index (χ4n) is 0.988. The van der Waals surface area contributed by atoms with E-state index in [2.05, 4.69) is 16.6 Å². The van der Waals surface area contributed by atoms with Gasteiger partial charge < -0.3 is 4.74 Å². The zero-order valence-corrected chi connectivity index (χ0v) is 8.42. The topological polar surface area (TPSA) is 26.3 Å². The van der Waals surface area contributed by atoms with E-state index < -0.39 is 5.97 Å². The first kappa shape index (κ1) is 11.3. The van der Waals surface area contributed by atoms with Crippen LogP contribution in [-0.2, 0) is 16.0 Å². The van der Waals surface area contributed by atoms with Gasteiger partial charge in [0.25, 0.3) is 0 Å². The molecule has 0 radical (unpaired) electrons. The van der Waals surface area contributed by atoms with E-state index in [-0.39, 0.29) is 5.82 Å². The molecule has 0 aliphatic heterocycles. The Kier molecular flexibility index (Phi) is 4.36. The molecule has 3 heteroatoms. The summed E-state index contributed by atoms with van der Waals surface area (Å²) in [4.78, 5) is 10.8. The molecule has 78 valence electrons. The maximum atomic E-state index is 12.5. The zero-order chi connectivity index (χ0) is 11.1. The van der Waals surface area contributed by atoms with Gasteiger partial charge >= 0.3 is 5.97 Å². The van der Waals surface area contributed by atoms with Gasteiger partial charge in [-0.25, -0.2) is 9.18 Å². The van der Waals surface area contributed by atoms with Crippen LogP contribution in [0.3, 0.4) is 0 Å². The summed E-state index contributed by atoms with van der Waals surface area (Å²) in [5.74, 6) is 4.19. The van der Waals surface area contributed by atoms with Crippen molar-refractivity contribution in [3.05, 3.63) is 35.6 Å². The summed E-state index contributed by atoms with van der Waals surface area (Å²) in [6, 6.07) is 5.99. The third kappa shape index (κ3) is 4.28. The van der Waals surface area contributed by atoms with Crippen LogP contribution >= 0.6 is 0 Å². The average Bonchev–Trinajstić information content (AvgIpc) is 2.21. The molecule has 0 unspecified atom stereocenters. The van der Waals surface area contributed by atoms with Crippen LogP contribution < -0.4 is 0 Å². The minimum Gasteiger partial charge on any atom is -0.456 e. The van der Waals surface area contributed by atoms with E-state index in [1.807, 2.05) is 0 Å². The molecule has 0 amide bonds. The Labute approximate surface area is 88.1 Å². The predicted octanol–water partition coefficient (Wildman–Crippen LogP) is 1.93. The number of rotatable bonds is 2. The van der Waals surface area contributed by atoms with E-state index in [4.69, 9.17) is 0 Å². The quantitative estimate of drug-likeness (QED) is 0.420. The number of carbonyl (C=O) groups excluding carboxylic acids is 1. The van der Waals surface area contributed by atoms with Crippen molar-refractivity contribution in [3.63, 3.8) is 0 Å². The third-order valence-electron chi connectivity index (χ3n) is 1.67. The summed E-state index contributed by atoms with van der Waals surface area (Å²) in [6.07, 6.45) is 0.416. The average molecular weight is 206 g/mol. The van der Waals surface area contributed by atoms with Gasteiger partial charge in [-0.05, 0) is 24.6 Å². The van der Waals surface area contributed by atoms with Gasteiger partial charge in [0.15, 0.2) is 0 Å². The highest BCUT2D eigenvalue weighted by atomic mass is 19.1. The molecule has 15 heavy (non-hydrogen) atoms. The minimum absolute atomic E-state index is 0.280. The number of esters is 1. The molecule has 0 bridgehead atoms. The van der Waals surface area contributed by atoms with Gasteiger partial charge in [-0.2, -0.15) is 0 Å². The lowest BCUT2D eigenvalue weighted by atomic mass is 10.1. The van der Waals surface area contributed by atoms with Crippen LogP contribution in [0.5, 0.6) is 0 Å². The Morgan fingerprint density at radius 1 is 1.40 bits per heavy atom. The molecule has 0 spiro atoms. The van der Waals surface area contributed by atoms with Crippen molar-refractivity contribution < 1.29 is 13.9 Å². The number of ether oxygens (including phenoxy) is 1. The molecule has 1 rings (SSSR count). The SMILES string of the molecule is CCOC(=O)C#CCc1ccc(F)cc1. The van der Waals surface area contributed by atoms with Crippen LogP contribution in [0.1, 0.15) is 12.5 Å². The monoisotopic (exact) mass is 206 g/mol. The van der Waals surface area contributed by atoms with E-state index >= 15 is 0 Å². The van der Waals surface area contributed by atoms with Crippen LogP contribution in [0.2, 0.25) is 0 Å². The molecular weight excluding hydrogens is 195 g/mol. The van der Waals surface area contributed by atoms with E-state index in [1.54, 1.807) is 19.1 Å². The molecule has 2 nitrogen and oxygen atoms in total. The summed E-state index contributed by atoms with van der Waals surface area (Å²) in [7, 11) is 0. The van der Waals surface area contributed by atoms with Crippen molar-refractivity contribution in [2.75, 3.05) is 6.61 Å². The van der Waals surface area contributed by atoms with E-state index in [0.29, 0.717) is 13.0 Å². The normalized spacial score (nSPS) is 8.93. The van der Waals surface area contributed by atoms with Gasteiger partial charge in [0.2, 0.25) is 0 Å².